The van der Waals surface area contributed by atoms with Crippen molar-refractivity contribution in [3.8, 4) is 11.5 Å². The van der Waals surface area contributed by atoms with E-state index in [4.69, 9.17) is 21.1 Å². The van der Waals surface area contributed by atoms with Gasteiger partial charge >= 0.3 is 0 Å². The minimum Gasteiger partial charge on any atom is -0.486 e. The van der Waals surface area contributed by atoms with Crippen molar-refractivity contribution in [1.29, 1.82) is 0 Å². The van der Waals surface area contributed by atoms with E-state index in [-0.39, 0.29) is 5.38 Å². The lowest BCUT2D eigenvalue weighted by atomic mass is 10.0. The summed E-state index contributed by atoms with van der Waals surface area (Å²) in [7, 11) is 0. The number of ether oxygens (including phenoxy) is 2. The summed E-state index contributed by atoms with van der Waals surface area (Å²) in [4.78, 5) is 0. The van der Waals surface area contributed by atoms with E-state index < -0.39 is 0 Å². The maximum Gasteiger partial charge on any atom is 0.161 e. The third-order valence-electron chi connectivity index (χ3n) is 3.00. The molecule has 0 bridgehead atoms. The molecule has 2 aromatic carbocycles. The van der Waals surface area contributed by atoms with Crippen molar-refractivity contribution in [3.05, 3.63) is 58.1 Å². The number of alkyl halides is 1. The number of benzene rings is 2. The van der Waals surface area contributed by atoms with Gasteiger partial charge in [0.15, 0.2) is 11.5 Å². The van der Waals surface area contributed by atoms with Gasteiger partial charge in [0.2, 0.25) is 0 Å². The van der Waals surface area contributed by atoms with Crippen molar-refractivity contribution in [2.75, 3.05) is 13.2 Å². The maximum absolute atomic E-state index is 6.53. The van der Waals surface area contributed by atoms with Gasteiger partial charge in [0, 0.05) is 4.47 Å². The molecule has 0 aliphatic carbocycles. The smallest absolute Gasteiger partial charge is 0.161 e. The van der Waals surface area contributed by atoms with Crippen LogP contribution in [-0.4, -0.2) is 13.2 Å². The van der Waals surface area contributed by atoms with E-state index in [0.29, 0.717) is 13.2 Å². The number of rotatable bonds is 2. The summed E-state index contributed by atoms with van der Waals surface area (Å²) in [5, 5.41) is -0.201. The topological polar surface area (TPSA) is 18.5 Å². The maximum atomic E-state index is 6.53. The van der Waals surface area contributed by atoms with Crippen LogP contribution in [0.1, 0.15) is 16.5 Å². The molecule has 0 saturated heterocycles. The Morgan fingerprint density at radius 3 is 2.47 bits per heavy atom. The SMILES string of the molecule is ClC(c1cccc(Br)c1)c1ccc2c(c1)OCCO2. The van der Waals surface area contributed by atoms with Crippen LogP contribution in [0.3, 0.4) is 0 Å². The average molecular weight is 340 g/mol. The monoisotopic (exact) mass is 338 g/mol. The summed E-state index contributed by atoms with van der Waals surface area (Å²) in [5.74, 6) is 1.55. The van der Waals surface area contributed by atoms with Crippen LogP contribution in [0.4, 0.5) is 0 Å². The van der Waals surface area contributed by atoms with E-state index in [2.05, 4.69) is 15.9 Å². The van der Waals surface area contributed by atoms with Gasteiger partial charge in [0.05, 0.1) is 5.38 Å². The third kappa shape index (κ3) is 2.72. The lowest BCUT2D eigenvalue weighted by Gasteiger charge is -2.20. The van der Waals surface area contributed by atoms with Gasteiger partial charge in [-0.25, -0.2) is 0 Å². The standard InChI is InChI=1S/C15H12BrClO2/c16-12-3-1-2-10(8-12)15(17)11-4-5-13-14(9-11)19-7-6-18-13/h1-5,8-9,15H,6-7H2. The fourth-order valence-electron chi connectivity index (χ4n) is 2.07. The Morgan fingerprint density at radius 2 is 1.68 bits per heavy atom. The first-order valence-electron chi connectivity index (χ1n) is 6.03. The van der Waals surface area contributed by atoms with E-state index in [0.717, 1.165) is 27.1 Å². The van der Waals surface area contributed by atoms with Crippen LogP contribution in [0.2, 0.25) is 0 Å². The molecule has 0 aromatic heterocycles. The Kier molecular flexibility index (Phi) is 3.67. The van der Waals surface area contributed by atoms with E-state index >= 15 is 0 Å². The Balaban J connectivity index is 1.93. The zero-order chi connectivity index (χ0) is 13.2. The Bertz CT molecular complexity index is 600. The first-order chi connectivity index (χ1) is 9.24. The molecule has 3 rings (SSSR count). The predicted molar refractivity (Wildman–Crippen MR) is 79.3 cm³/mol. The van der Waals surface area contributed by atoms with Crippen molar-refractivity contribution < 1.29 is 9.47 Å². The van der Waals surface area contributed by atoms with Gasteiger partial charge in [0.1, 0.15) is 13.2 Å². The highest BCUT2D eigenvalue weighted by Gasteiger charge is 2.16. The Morgan fingerprint density at radius 1 is 0.947 bits per heavy atom. The number of hydrogen-bond donors (Lipinski definition) is 0. The molecule has 2 aromatic rings. The zero-order valence-electron chi connectivity index (χ0n) is 10.1. The first-order valence-corrected chi connectivity index (χ1v) is 7.26. The van der Waals surface area contributed by atoms with Gasteiger partial charge in [0.25, 0.3) is 0 Å². The molecule has 2 nitrogen and oxygen atoms in total. The molecule has 1 aliphatic heterocycles. The molecule has 1 atom stereocenters. The van der Waals surface area contributed by atoms with E-state index in [9.17, 15) is 0 Å². The summed E-state index contributed by atoms with van der Waals surface area (Å²) in [6, 6.07) is 13.8. The molecular weight excluding hydrogens is 328 g/mol. The van der Waals surface area contributed by atoms with E-state index in [1.807, 2.05) is 42.5 Å². The number of hydrogen-bond acceptors (Lipinski definition) is 2. The van der Waals surface area contributed by atoms with Gasteiger partial charge in [-0.2, -0.15) is 0 Å². The second-order valence-electron chi connectivity index (χ2n) is 4.32. The van der Waals surface area contributed by atoms with Crippen molar-refractivity contribution in [1.82, 2.24) is 0 Å². The summed E-state index contributed by atoms with van der Waals surface area (Å²) in [5.41, 5.74) is 2.05. The molecule has 0 N–H and O–H groups in total. The van der Waals surface area contributed by atoms with Gasteiger partial charge in [-0.3, -0.25) is 0 Å². The molecule has 0 fully saturated rings. The largest absolute Gasteiger partial charge is 0.486 e. The van der Waals surface area contributed by atoms with Gasteiger partial charge in [-0.15, -0.1) is 11.6 Å². The van der Waals surface area contributed by atoms with Crippen LogP contribution in [0.25, 0.3) is 0 Å². The van der Waals surface area contributed by atoms with E-state index in [1.54, 1.807) is 0 Å². The van der Waals surface area contributed by atoms with Crippen molar-refractivity contribution in [3.63, 3.8) is 0 Å². The van der Waals surface area contributed by atoms with Crippen LogP contribution < -0.4 is 9.47 Å². The molecule has 1 aliphatic rings. The average Bonchev–Trinajstić information content (AvgIpc) is 2.46. The molecule has 0 radical (unpaired) electrons. The second-order valence-corrected chi connectivity index (χ2v) is 5.67. The predicted octanol–water partition coefficient (Wildman–Crippen LogP) is 4.55. The van der Waals surface area contributed by atoms with E-state index in [1.165, 1.54) is 0 Å². The summed E-state index contributed by atoms with van der Waals surface area (Å²) < 4.78 is 12.1. The van der Waals surface area contributed by atoms with Crippen LogP contribution in [-0.2, 0) is 0 Å². The zero-order valence-corrected chi connectivity index (χ0v) is 12.4. The lowest BCUT2D eigenvalue weighted by Crippen LogP contribution is -2.15. The molecule has 4 heteroatoms. The van der Waals surface area contributed by atoms with Crippen molar-refractivity contribution in [2.24, 2.45) is 0 Å². The lowest BCUT2D eigenvalue weighted by molar-refractivity contribution is 0.171. The fourth-order valence-corrected chi connectivity index (χ4v) is 2.76. The van der Waals surface area contributed by atoms with Gasteiger partial charge in [-0.05, 0) is 35.4 Å². The Labute approximate surface area is 125 Å². The minimum absolute atomic E-state index is 0.201. The fraction of sp³-hybridized carbons (Fsp3) is 0.200. The van der Waals surface area contributed by atoms with Gasteiger partial charge in [-0.1, -0.05) is 34.1 Å². The number of halogens is 2. The van der Waals surface area contributed by atoms with Gasteiger partial charge < -0.3 is 9.47 Å². The molecule has 19 heavy (non-hydrogen) atoms. The molecule has 98 valence electrons. The third-order valence-corrected chi connectivity index (χ3v) is 4.00. The number of fused-ring (bicyclic) bond motifs is 1. The molecule has 1 unspecified atom stereocenters. The highest BCUT2D eigenvalue weighted by atomic mass is 79.9. The molecule has 0 saturated carbocycles. The summed E-state index contributed by atoms with van der Waals surface area (Å²) in [6.45, 7) is 1.18. The molecule has 1 heterocycles. The highest BCUT2D eigenvalue weighted by molar-refractivity contribution is 9.10. The van der Waals surface area contributed by atoms with Crippen LogP contribution in [0.15, 0.2) is 46.9 Å². The molecule has 0 spiro atoms. The quantitative estimate of drug-likeness (QED) is 0.747. The van der Waals surface area contributed by atoms with Crippen LogP contribution >= 0.6 is 27.5 Å². The first kappa shape index (κ1) is 12.8. The van der Waals surface area contributed by atoms with Crippen LogP contribution in [0, 0.1) is 0 Å². The molecular formula is C15H12BrClO2. The van der Waals surface area contributed by atoms with Crippen molar-refractivity contribution >= 4 is 27.5 Å². The second kappa shape index (κ2) is 5.43. The summed E-state index contributed by atoms with van der Waals surface area (Å²) >= 11 is 9.99. The molecule has 0 amide bonds. The van der Waals surface area contributed by atoms with Crippen molar-refractivity contribution in [2.45, 2.75) is 5.38 Å². The highest BCUT2D eigenvalue weighted by Crippen LogP contribution is 2.37. The minimum atomic E-state index is -0.201. The normalized spacial score (nSPS) is 15.1. The Hall–Kier alpha value is -1.19. The summed E-state index contributed by atoms with van der Waals surface area (Å²) in [6.07, 6.45) is 0. The van der Waals surface area contributed by atoms with Crippen LogP contribution in [0.5, 0.6) is 11.5 Å².